The maximum absolute atomic E-state index is 5.56. The van der Waals surface area contributed by atoms with Gasteiger partial charge in [-0.15, -0.1) is 0 Å². The fourth-order valence-electron chi connectivity index (χ4n) is 3.16. The van der Waals surface area contributed by atoms with Gasteiger partial charge in [0.15, 0.2) is 0 Å². The summed E-state index contributed by atoms with van der Waals surface area (Å²) in [6.07, 6.45) is 5.72. The summed E-state index contributed by atoms with van der Waals surface area (Å²) in [6.45, 7) is 1.80. The molecule has 4 rings (SSSR count). The average molecular weight is 336 g/mol. The van der Waals surface area contributed by atoms with Crippen molar-refractivity contribution in [2.24, 2.45) is 0 Å². The fourth-order valence-corrected chi connectivity index (χ4v) is 3.16. The summed E-state index contributed by atoms with van der Waals surface area (Å²) in [5, 5.41) is 7.14. The van der Waals surface area contributed by atoms with E-state index in [2.05, 4.69) is 30.3 Å². The lowest BCUT2D eigenvalue weighted by Crippen LogP contribution is -2.23. The van der Waals surface area contributed by atoms with E-state index in [1.807, 2.05) is 43.6 Å². The van der Waals surface area contributed by atoms with Gasteiger partial charge in [-0.25, -0.2) is 4.98 Å². The third-order valence-electron chi connectivity index (χ3n) is 4.46. The zero-order valence-electron chi connectivity index (χ0n) is 14.1. The van der Waals surface area contributed by atoms with Crippen LogP contribution in [0, 0.1) is 0 Å². The van der Waals surface area contributed by atoms with Crippen molar-refractivity contribution in [1.82, 2.24) is 25.0 Å². The quantitative estimate of drug-likeness (QED) is 0.767. The molecule has 0 unspecified atom stereocenters. The normalized spacial score (nSPS) is 17.7. The van der Waals surface area contributed by atoms with E-state index in [1.54, 1.807) is 6.20 Å². The van der Waals surface area contributed by atoms with Gasteiger partial charge in [-0.2, -0.15) is 4.98 Å². The Kier molecular flexibility index (Phi) is 4.39. The molecular weight excluding hydrogens is 316 g/mol. The molecule has 7 heteroatoms. The maximum Gasteiger partial charge on any atom is 0.244 e. The fraction of sp³-hybridized carbons (Fsp3) is 0.333. The lowest BCUT2D eigenvalue weighted by molar-refractivity contribution is 0.199. The molecule has 25 heavy (non-hydrogen) atoms. The summed E-state index contributed by atoms with van der Waals surface area (Å²) in [7, 11) is 1.84. The van der Waals surface area contributed by atoms with Crippen molar-refractivity contribution in [3.8, 4) is 11.4 Å². The maximum atomic E-state index is 5.56. The summed E-state index contributed by atoms with van der Waals surface area (Å²) in [6, 6.07) is 9.97. The molecule has 0 spiro atoms. The Morgan fingerprint density at radius 1 is 1.24 bits per heavy atom. The summed E-state index contributed by atoms with van der Waals surface area (Å²) in [5.74, 6) is 2.06. The molecular formula is C18H20N6O. The number of rotatable bonds is 5. The Balaban J connectivity index is 1.52. The standard InChI is InChI=1S/C18H20N6O/c1-19-16-8-7-13(11-21-16)17-22-18(25-23-17)15-6-4-10-24(15)12-14-5-2-3-9-20-14/h2-3,5,7-9,11,15H,4,6,10,12H2,1H3,(H,19,21)/t15-/m0/s1. The number of pyridine rings is 2. The van der Waals surface area contributed by atoms with Crippen LogP contribution in [0.2, 0.25) is 0 Å². The first-order valence-corrected chi connectivity index (χ1v) is 8.45. The average Bonchev–Trinajstić information content (AvgIpc) is 3.32. The Labute approximate surface area is 146 Å². The Hall–Kier alpha value is -2.80. The molecule has 1 N–H and O–H groups in total. The minimum Gasteiger partial charge on any atom is -0.373 e. The molecule has 3 aromatic rings. The highest BCUT2D eigenvalue weighted by molar-refractivity contribution is 5.55. The second kappa shape index (κ2) is 6.98. The molecule has 1 aliphatic rings. The number of aromatic nitrogens is 4. The Morgan fingerprint density at radius 3 is 2.96 bits per heavy atom. The van der Waals surface area contributed by atoms with Gasteiger partial charge in [0, 0.05) is 31.5 Å². The number of hydrogen-bond donors (Lipinski definition) is 1. The van der Waals surface area contributed by atoms with Crippen molar-refractivity contribution >= 4 is 5.82 Å². The zero-order chi connectivity index (χ0) is 17.1. The highest BCUT2D eigenvalue weighted by atomic mass is 16.5. The molecule has 0 aromatic carbocycles. The van der Waals surface area contributed by atoms with Crippen molar-refractivity contribution < 1.29 is 4.52 Å². The van der Waals surface area contributed by atoms with Crippen LogP contribution in [0.15, 0.2) is 47.2 Å². The van der Waals surface area contributed by atoms with E-state index in [-0.39, 0.29) is 6.04 Å². The highest BCUT2D eigenvalue weighted by Gasteiger charge is 2.31. The third-order valence-corrected chi connectivity index (χ3v) is 4.46. The lowest BCUT2D eigenvalue weighted by atomic mass is 10.2. The first-order chi connectivity index (χ1) is 12.3. The lowest BCUT2D eigenvalue weighted by Gasteiger charge is -2.20. The molecule has 1 aliphatic heterocycles. The van der Waals surface area contributed by atoms with Crippen LogP contribution in [0.1, 0.15) is 30.5 Å². The zero-order valence-corrected chi connectivity index (χ0v) is 14.1. The molecule has 1 atom stereocenters. The molecule has 0 bridgehead atoms. The van der Waals surface area contributed by atoms with E-state index >= 15 is 0 Å². The first-order valence-electron chi connectivity index (χ1n) is 8.45. The Morgan fingerprint density at radius 2 is 2.20 bits per heavy atom. The van der Waals surface area contributed by atoms with E-state index in [0.717, 1.165) is 43.0 Å². The molecule has 1 fully saturated rings. The van der Waals surface area contributed by atoms with Crippen molar-refractivity contribution in [2.75, 3.05) is 18.9 Å². The smallest absolute Gasteiger partial charge is 0.244 e. The molecule has 0 amide bonds. The summed E-state index contributed by atoms with van der Waals surface area (Å²) >= 11 is 0. The molecule has 3 aromatic heterocycles. The summed E-state index contributed by atoms with van der Waals surface area (Å²) in [4.78, 5) is 15.7. The van der Waals surface area contributed by atoms with Crippen molar-refractivity contribution in [2.45, 2.75) is 25.4 Å². The molecule has 1 saturated heterocycles. The predicted octanol–water partition coefficient (Wildman–Crippen LogP) is 2.91. The van der Waals surface area contributed by atoms with E-state index < -0.39 is 0 Å². The van der Waals surface area contributed by atoms with Crippen LogP contribution in [0.5, 0.6) is 0 Å². The molecule has 0 saturated carbocycles. The molecule has 0 radical (unpaired) electrons. The summed E-state index contributed by atoms with van der Waals surface area (Å²) in [5.41, 5.74) is 1.91. The monoisotopic (exact) mass is 336 g/mol. The molecule has 128 valence electrons. The number of hydrogen-bond acceptors (Lipinski definition) is 7. The SMILES string of the molecule is CNc1ccc(-c2noc([C@@H]3CCCN3Cc3ccccn3)n2)cn1. The van der Waals surface area contributed by atoms with Crippen molar-refractivity contribution in [1.29, 1.82) is 0 Å². The van der Waals surface area contributed by atoms with E-state index in [1.165, 1.54) is 0 Å². The summed E-state index contributed by atoms with van der Waals surface area (Å²) < 4.78 is 5.56. The second-order valence-corrected chi connectivity index (χ2v) is 6.09. The molecule has 7 nitrogen and oxygen atoms in total. The van der Waals surface area contributed by atoms with Gasteiger partial charge in [0.1, 0.15) is 5.82 Å². The number of anilines is 1. The molecule has 4 heterocycles. The highest BCUT2D eigenvalue weighted by Crippen LogP contribution is 2.32. The number of nitrogens with zero attached hydrogens (tertiary/aromatic N) is 5. The first kappa shape index (κ1) is 15.7. The van der Waals surface area contributed by atoms with Crippen LogP contribution in [0.25, 0.3) is 11.4 Å². The van der Waals surface area contributed by atoms with Crippen molar-refractivity contribution in [3.05, 3.63) is 54.3 Å². The number of nitrogens with one attached hydrogen (secondary N) is 1. The second-order valence-electron chi connectivity index (χ2n) is 6.09. The largest absolute Gasteiger partial charge is 0.373 e. The van der Waals surface area contributed by atoms with Gasteiger partial charge in [0.25, 0.3) is 0 Å². The van der Waals surface area contributed by atoms with Crippen LogP contribution in [0.3, 0.4) is 0 Å². The number of likely N-dealkylation sites (tertiary alicyclic amines) is 1. The van der Waals surface area contributed by atoms with Crippen LogP contribution >= 0.6 is 0 Å². The molecule has 0 aliphatic carbocycles. The van der Waals surface area contributed by atoms with E-state index in [9.17, 15) is 0 Å². The van der Waals surface area contributed by atoms with E-state index in [4.69, 9.17) is 4.52 Å². The van der Waals surface area contributed by atoms with Crippen LogP contribution in [-0.2, 0) is 6.54 Å². The van der Waals surface area contributed by atoms with Crippen LogP contribution in [0.4, 0.5) is 5.82 Å². The topological polar surface area (TPSA) is 80.0 Å². The van der Waals surface area contributed by atoms with Gasteiger partial charge in [-0.3, -0.25) is 9.88 Å². The van der Waals surface area contributed by atoms with Gasteiger partial charge in [-0.05, 0) is 43.7 Å². The van der Waals surface area contributed by atoms with Crippen molar-refractivity contribution in [3.63, 3.8) is 0 Å². The van der Waals surface area contributed by atoms with Gasteiger partial charge in [0.2, 0.25) is 11.7 Å². The van der Waals surface area contributed by atoms with E-state index in [0.29, 0.717) is 11.7 Å². The minimum absolute atomic E-state index is 0.146. The van der Waals surface area contributed by atoms with Crippen LogP contribution in [-0.4, -0.2) is 38.6 Å². The Bertz CT molecular complexity index is 817. The minimum atomic E-state index is 0.146. The van der Waals surface area contributed by atoms with Gasteiger partial charge in [0.05, 0.1) is 11.7 Å². The predicted molar refractivity (Wildman–Crippen MR) is 93.7 cm³/mol. The van der Waals surface area contributed by atoms with Gasteiger partial charge in [-0.1, -0.05) is 11.2 Å². The van der Waals surface area contributed by atoms with Gasteiger partial charge >= 0.3 is 0 Å². The van der Waals surface area contributed by atoms with Gasteiger partial charge < -0.3 is 9.84 Å². The van der Waals surface area contributed by atoms with Crippen LogP contribution < -0.4 is 5.32 Å². The third kappa shape index (κ3) is 3.36.